The van der Waals surface area contributed by atoms with E-state index in [0.717, 1.165) is 12.0 Å². The Hall–Kier alpha value is -4.32. The third-order valence-corrected chi connectivity index (χ3v) is 9.37. The van der Waals surface area contributed by atoms with Crippen LogP contribution in [0.1, 0.15) is 43.0 Å². The van der Waals surface area contributed by atoms with Crippen molar-refractivity contribution in [3.63, 3.8) is 0 Å². The predicted molar refractivity (Wildman–Crippen MR) is 181 cm³/mol. The van der Waals surface area contributed by atoms with E-state index >= 15 is 0 Å². The molecule has 0 saturated carbocycles. The molecule has 0 aliphatic carbocycles. The van der Waals surface area contributed by atoms with Gasteiger partial charge in [0.15, 0.2) is 15.8 Å². The van der Waals surface area contributed by atoms with Crippen LogP contribution < -0.4 is 19.1 Å². The molecule has 4 aromatic rings. The number of ketones is 1. The molecule has 12 heteroatoms. The van der Waals surface area contributed by atoms with Gasteiger partial charge in [-0.05, 0) is 66.9 Å². The first-order chi connectivity index (χ1) is 22.4. The van der Waals surface area contributed by atoms with Crippen LogP contribution in [0.4, 0.5) is 5.13 Å². The SMILES string of the molecule is C=CCOc1ccc(C2/C(=C(\O)c3ccc(OCCC)cc3)C(=O)C(=O)N2c2nnc(SCc3ccccc3Cl)s2)cc1OCC. The number of hydrogen-bond donors (Lipinski definition) is 1. The third kappa shape index (κ3) is 7.22. The van der Waals surface area contributed by atoms with E-state index in [-0.39, 0.29) is 23.1 Å². The molecule has 0 spiro atoms. The van der Waals surface area contributed by atoms with E-state index in [1.807, 2.05) is 38.1 Å². The Kier molecular flexibility index (Phi) is 11.0. The molecule has 3 aromatic carbocycles. The third-order valence-electron chi connectivity index (χ3n) is 6.90. The van der Waals surface area contributed by atoms with Crippen molar-refractivity contribution in [1.82, 2.24) is 10.2 Å². The highest BCUT2D eigenvalue weighted by Crippen LogP contribution is 2.46. The lowest BCUT2D eigenvalue weighted by Gasteiger charge is -2.23. The highest BCUT2D eigenvalue weighted by Gasteiger charge is 2.48. The van der Waals surface area contributed by atoms with E-state index in [2.05, 4.69) is 16.8 Å². The van der Waals surface area contributed by atoms with Gasteiger partial charge >= 0.3 is 5.91 Å². The number of aromatic nitrogens is 2. The molecule has 238 valence electrons. The van der Waals surface area contributed by atoms with Crippen molar-refractivity contribution < 1.29 is 28.9 Å². The zero-order valence-electron chi connectivity index (χ0n) is 25.3. The standard InChI is InChI=1S/C34H32ClN3O6S2/c1-4-17-43-24-14-11-21(12-15-24)30(39)28-29(22-13-16-26(44-18-5-2)27(19-22)42-6-3)38(32(41)31(28)40)33-36-37-34(46-33)45-20-23-9-7-8-10-25(23)35/h5,7-16,19,29,39H,2,4,6,17-18,20H2,1,3H3/b30-28+. The molecule has 46 heavy (non-hydrogen) atoms. The van der Waals surface area contributed by atoms with E-state index in [4.69, 9.17) is 25.8 Å². The van der Waals surface area contributed by atoms with Gasteiger partial charge in [0.05, 0.1) is 24.8 Å². The lowest BCUT2D eigenvalue weighted by atomic mass is 9.95. The van der Waals surface area contributed by atoms with Gasteiger partial charge in [0.2, 0.25) is 5.13 Å². The lowest BCUT2D eigenvalue weighted by molar-refractivity contribution is -0.132. The zero-order chi connectivity index (χ0) is 32.6. The van der Waals surface area contributed by atoms with Gasteiger partial charge in [0, 0.05) is 16.3 Å². The monoisotopic (exact) mass is 677 g/mol. The summed E-state index contributed by atoms with van der Waals surface area (Å²) in [5, 5.41) is 21.0. The zero-order valence-corrected chi connectivity index (χ0v) is 27.7. The molecule has 1 fully saturated rings. The normalized spacial score (nSPS) is 15.6. The Morgan fingerprint density at radius 1 is 1.04 bits per heavy atom. The Bertz CT molecular complexity index is 1760. The molecule has 0 radical (unpaired) electrons. The van der Waals surface area contributed by atoms with Crippen LogP contribution in [0.2, 0.25) is 5.02 Å². The van der Waals surface area contributed by atoms with E-state index in [1.165, 1.54) is 28.0 Å². The number of amides is 1. The number of aliphatic hydroxyl groups excluding tert-OH is 1. The van der Waals surface area contributed by atoms with Crippen LogP contribution in [-0.4, -0.2) is 46.8 Å². The maximum absolute atomic E-state index is 13.7. The fraction of sp³-hybridized carbons (Fsp3) is 0.235. The van der Waals surface area contributed by atoms with E-state index < -0.39 is 17.7 Å². The van der Waals surface area contributed by atoms with Gasteiger partial charge in [-0.3, -0.25) is 14.5 Å². The largest absolute Gasteiger partial charge is 0.507 e. The van der Waals surface area contributed by atoms with Crippen LogP contribution in [0.3, 0.4) is 0 Å². The minimum absolute atomic E-state index is 0.0881. The minimum atomic E-state index is -1.03. The summed E-state index contributed by atoms with van der Waals surface area (Å²) in [7, 11) is 0. The van der Waals surface area contributed by atoms with Crippen molar-refractivity contribution in [2.45, 2.75) is 36.4 Å². The van der Waals surface area contributed by atoms with Gasteiger partial charge < -0.3 is 19.3 Å². The summed E-state index contributed by atoms with van der Waals surface area (Å²) in [6.07, 6.45) is 2.46. The number of Topliss-reactive ketones (excluding diaryl/α,β-unsaturated/α-hetero) is 1. The Morgan fingerprint density at radius 2 is 1.83 bits per heavy atom. The number of thioether (sulfide) groups is 1. The first kappa shape index (κ1) is 33.1. The highest BCUT2D eigenvalue weighted by molar-refractivity contribution is 8.00. The minimum Gasteiger partial charge on any atom is -0.507 e. The lowest BCUT2D eigenvalue weighted by Crippen LogP contribution is -2.29. The number of nitrogens with zero attached hydrogens (tertiary/aromatic N) is 3. The van der Waals surface area contributed by atoms with Crippen molar-refractivity contribution in [3.05, 3.63) is 107 Å². The Labute approximate surface area is 280 Å². The molecule has 1 N–H and O–H groups in total. The average molecular weight is 678 g/mol. The van der Waals surface area contributed by atoms with Crippen LogP contribution in [-0.2, 0) is 15.3 Å². The molecule has 1 amide bonds. The van der Waals surface area contributed by atoms with E-state index in [1.54, 1.807) is 48.5 Å². The maximum atomic E-state index is 13.7. The smallest absolute Gasteiger partial charge is 0.301 e. The van der Waals surface area contributed by atoms with Crippen molar-refractivity contribution >= 4 is 57.3 Å². The number of halogens is 1. The molecular formula is C34H32ClN3O6S2. The molecule has 1 aliphatic rings. The summed E-state index contributed by atoms with van der Waals surface area (Å²) >= 11 is 8.91. The number of hydrogen-bond acceptors (Lipinski definition) is 10. The van der Waals surface area contributed by atoms with Gasteiger partial charge in [-0.1, -0.05) is 78.5 Å². The number of carbonyl (C=O) groups excluding carboxylic acids is 2. The second kappa shape index (κ2) is 15.3. The molecule has 0 bridgehead atoms. The molecule has 1 unspecified atom stereocenters. The number of rotatable bonds is 14. The van der Waals surface area contributed by atoms with Crippen LogP contribution in [0.5, 0.6) is 17.2 Å². The number of carbonyl (C=O) groups is 2. The summed E-state index contributed by atoms with van der Waals surface area (Å²) in [6, 6.07) is 18.3. The molecule has 1 atom stereocenters. The molecule has 1 saturated heterocycles. The van der Waals surface area contributed by atoms with E-state index in [0.29, 0.717) is 56.7 Å². The van der Waals surface area contributed by atoms with Crippen molar-refractivity contribution in [3.8, 4) is 17.2 Å². The van der Waals surface area contributed by atoms with Crippen molar-refractivity contribution in [2.24, 2.45) is 0 Å². The first-order valence-corrected chi connectivity index (χ1v) is 16.8. The Morgan fingerprint density at radius 3 is 2.54 bits per heavy atom. The average Bonchev–Trinajstić information content (AvgIpc) is 3.64. The quantitative estimate of drug-likeness (QED) is 0.0356. The van der Waals surface area contributed by atoms with Gasteiger partial charge in [0.1, 0.15) is 18.1 Å². The number of ether oxygens (including phenoxy) is 3. The second-order valence-electron chi connectivity index (χ2n) is 10.0. The molecule has 1 aromatic heterocycles. The molecule has 2 heterocycles. The summed E-state index contributed by atoms with van der Waals surface area (Å²) in [4.78, 5) is 28.7. The fourth-order valence-corrected chi connectivity index (χ4v) is 6.93. The summed E-state index contributed by atoms with van der Waals surface area (Å²) in [6.45, 7) is 8.70. The van der Waals surface area contributed by atoms with Crippen LogP contribution in [0.15, 0.2) is 89.3 Å². The summed E-state index contributed by atoms with van der Waals surface area (Å²) < 4.78 is 17.9. The van der Waals surface area contributed by atoms with Crippen LogP contribution in [0, 0.1) is 0 Å². The Balaban J connectivity index is 1.57. The number of aliphatic hydroxyl groups is 1. The van der Waals surface area contributed by atoms with Crippen molar-refractivity contribution in [1.29, 1.82) is 0 Å². The van der Waals surface area contributed by atoms with Crippen molar-refractivity contribution in [2.75, 3.05) is 24.7 Å². The number of benzene rings is 3. The molecule has 5 rings (SSSR count). The van der Waals surface area contributed by atoms with Gasteiger partial charge in [0.25, 0.3) is 5.78 Å². The second-order valence-corrected chi connectivity index (χ2v) is 12.6. The molecule has 9 nitrogen and oxygen atoms in total. The number of anilines is 1. The predicted octanol–water partition coefficient (Wildman–Crippen LogP) is 7.86. The highest BCUT2D eigenvalue weighted by atomic mass is 35.5. The first-order valence-electron chi connectivity index (χ1n) is 14.6. The fourth-order valence-electron chi connectivity index (χ4n) is 4.77. The molecule has 1 aliphatic heterocycles. The summed E-state index contributed by atoms with van der Waals surface area (Å²) in [5.74, 6) is 0.0475. The van der Waals surface area contributed by atoms with Gasteiger partial charge in [-0.25, -0.2) is 0 Å². The van der Waals surface area contributed by atoms with E-state index in [9.17, 15) is 14.7 Å². The van der Waals surface area contributed by atoms with Crippen LogP contribution >= 0.6 is 34.7 Å². The maximum Gasteiger partial charge on any atom is 0.301 e. The molecular weight excluding hydrogens is 646 g/mol. The summed E-state index contributed by atoms with van der Waals surface area (Å²) in [5.41, 5.74) is 1.71. The van der Waals surface area contributed by atoms with Gasteiger partial charge in [-0.15, -0.1) is 10.2 Å². The topological polar surface area (TPSA) is 111 Å². The van der Waals surface area contributed by atoms with Crippen LogP contribution in [0.25, 0.3) is 5.76 Å². The van der Waals surface area contributed by atoms with Gasteiger partial charge in [-0.2, -0.15) is 0 Å².